The Bertz CT molecular complexity index is 4960. The molecule has 564 valence electrons. The number of aliphatic hydroxyl groups is 2. The number of hydrogen-bond acceptors (Lipinski definition) is 23. The molecule has 0 aliphatic carbocycles. The van der Waals surface area contributed by atoms with Gasteiger partial charge >= 0.3 is 23.0 Å². The van der Waals surface area contributed by atoms with E-state index in [0.29, 0.717) is 28.5 Å². The topological polar surface area (TPSA) is 384 Å². The van der Waals surface area contributed by atoms with Crippen molar-refractivity contribution in [1.29, 1.82) is 0 Å². The Morgan fingerprint density at radius 3 is 1.17 bits per heavy atom. The molecule has 2 aliphatic heterocycles. The first kappa shape index (κ1) is 84.0. The molecule has 11 rings (SSSR count). The Labute approximate surface area is 641 Å². The number of carbonyl (C=O) groups is 3. The lowest BCUT2D eigenvalue weighted by Crippen LogP contribution is -2.45. The lowest BCUT2D eigenvalue weighted by Gasteiger charge is -2.29. The molecule has 5 heterocycles. The van der Waals surface area contributed by atoms with E-state index >= 15 is 0 Å². The first-order valence-corrected chi connectivity index (χ1v) is 34.3. The summed E-state index contributed by atoms with van der Waals surface area (Å²) in [5, 5.41) is 26.0. The maximum Gasteiger partial charge on any atom is 0.352 e. The second kappa shape index (κ2) is 39.4. The number of nitrogens with two attached hydrogens (primary N) is 1. The van der Waals surface area contributed by atoms with Gasteiger partial charge in [0, 0.05) is 64.1 Å². The van der Waals surface area contributed by atoms with Crippen molar-refractivity contribution in [1.82, 2.24) is 38.4 Å². The van der Waals surface area contributed by atoms with E-state index in [1.54, 1.807) is 48.5 Å². The van der Waals surface area contributed by atoms with Crippen molar-refractivity contribution >= 4 is 120 Å². The second-order valence-corrected chi connectivity index (χ2v) is 26.3. The summed E-state index contributed by atoms with van der Waals surface area (Å²) in [6.45, 7) is 0.0301. The SMILES string of the molecule is C.Cn1c(Nc2ccc(I)cc2F)c(C(=O)NOC(CO)CO)c(=O)n(C)c1=O.Cn1c(Nc2ccc(I)cc2F)c(C(=O)NOC2COC(c3ccccc3)OC2)c(=O)n(C)c1=O.Cn1c(Nc2ccc(I)cc2F)c(C(=O)Oc2ccccc2)c(=O)n(C)c1=O.NOC1COC(c2ccccc2)OC1. The van der Waals surface area contributed by atoms with Gasteiger partial charge < -0.3 is 49.8 Å². The minimum Gasteiger partial charge on any atom is -0.423 e. The molecule has 2 amide bonds. The molecule has 9 N–H and O–H groups in total. The monoisotopic (exact) mass is 1810 g/mol. The van der Waals surface area contributed by atoms with Crippen molar-refractivity contribution in [3.63, 3.8) is 0 Å². The third kappa shape index (κ3) is 21.3. The van der Waals surface area contributed by atoms with Crippen LogP contribution in [0.1, 0.15) is 62.2 Å². The molecule has 0 bridgehead atoms. The minimum atomic E-state index is -1.11. The first-order valence-electron chi connectivity index (χ1n) is 31.0. The Kier molecular flexibility index (Phi) is 31.2. The normalized spacial score (nSPS) is 15.2. The van der Waals surface area contributed by atoms with Gasteiger partial charge in [-0.15, -0.1) is 0 Å². The molecule has 37 heteroatoms. The summed E-state index contributed by atoms with van der Waals surface area (Å²) in [6, 6.07) is 40.3. The molecule has 31 nitrogen and oxygen atoms in total. The number of halogens is 6. The molecule has 6 aromatic carbocycles. The maximum absolute atomic E-state index is 14.4. The van der Waals surface area contributed by atoms with Gasteiger partial charge in [-0.25, -0.2) is 49.2 Å². The molecule has 0 atom stereocenters. The fraction of sp³-hybridized carbons (Fsp3) is 0.261. The van der Waals surface area contributed by atoms with Crippen LogP contribution < -0.4 is 71.3 Å². The van der Waals surface area contributed by atoms with E-state index in [2.05, 4.69) is 26.3 Å². The van der Waals surface area contributed by atoms with Crippen LogP contribution in [0.15, 0.2) is 174 Å². The molecule has 3 aromatic heterocycles. The summed E-state index contributed by atoms with van der Waals surface area (Å²) in [7, 11) is 7.70. The van der Waals surface area contributed by atoms with Crippen molar-refractivity contribution in [2.75, 3.05) is 55.6 Å². The number of nitrogens with zero attached hydrogens (tertiary/aromatic N) is 6. The van der Waals surface area contributed by atoms with Crippen molar-refractivity contribution in [3.05, 3.63) is 264 Å². The summed E-state index contributed by atoms with van der Waals surface area (Å²) in [5.74, 6) is -0.114. The van der Waals surface area contributed by atoms with Crippen molar-refractivity contribution in [2.45, 2.75) is 38.3 Å². The predicted octanol–water partition coefficient (Wildman–Crippen LogP) is 6.35. The summed E-state index contributed by atoms with van der Waals surface area (Å²) in [4.78, 5) is 128. The smallest absolute Gasteiger partial charge is 0.352 e. The van der Waals surface area contributed by atoms with Gasteiger partial charge in [0.05, 0.1) is 56.7 Å². The number of amides is 2. The third-order valence-corrected chi connectivity index (χ3v) is 17.3. The molecule has 0 radical (unpaired) electrons. The molecule has 0 spiro atoms. The van der Waals surface area contributed by atoms with Crippen LogP contribution in [-0.4, -0.2) is 113 Å². The quantitative estimate of drug-likeness (QED) is 0.0189. The van der Waals surface area contributed by atoms with E-state index in [9.17, 15) is 56.3 Å². The van der Waals surface area contributed by atoms with Crippen LogP contribution in [0.4, 0.5) is 47.7 Å². The van der Waals surface area contributed by atoms with Gasteiger partial charge in [-0.2, -0.15) is 0 Å². The van der Waals surface area contributed by atoms with Gasteiger partial charge in [-0.1, -0.05) is 86.3 Å². The van der Waals surface area contributed by atoms with Crippen LogP contribution in [0, 0.1) is 28.2 Å². The van der Waals surface area contributed by atoms with Gasteiger partial charge in [0.2, 0.25) is 0 Å². The number of ether oxygens (including phenoxy) is 5. The largest absolute Gasteiger partial charge is 0.423 e. The lowest BCUT2D eigenvalue weighted by molar-refractivity contribution is -0.238. The molecule has 9 aromatic rings. The van der Waals surface area contributed by atoms with E-state index in [1.165, 1.54) is 78.7 Å². The Hall–Kier alpha value is -9.25. The molecular weight excluding hydrogens is 1740 g/mol. The van der Waals surface area contributed by atoms with Crippen LogP contribution in [0.3, 0.4) is 0 Å². The van der Waals surface area contributed by atoms with Gasteiger partial charge in [0.25, 0.3) is 28.5 Å². The number of aliphatic hydroxyl groups excluding tert-OH is 2. The van der Waals surface area contributed by atoms with Gasteiger partial charge in [-0.05, 0) is 135 Å². The molecule has 0 unspecified atom stereocenters. The van der Waals surface area contributed by atoms with E-state index in [1.807, 2.05) is 134 Å². The molecule has 0 saturated carbocycles. The standard InChI is InChI=1S/C23H22FIN4O6.C19H15FIN3O4.C16H18FIN4O6.C10H13NO3.CH4/c1-28-19(26-17-9-8-14(25)10-16(17)24)18(21(31)29(2)23(28)32)20(30)27-35-15-11-33-22(34-12-15)13-6-4-3-5-7-13;1-23-16(22-14-9-8-11(21)10-13(14)20)15(17(25)24(2)19(23)27)18(26)28-12-6-4-3-5-7-12;1-21-13(19-11-4-3-8(18)5-10(11)17)12(15(26)22(2)16(21)27)14(25)20-28-9(6-23)7-24;11-14-9-6-12-10(13-7-9)8-4-2-1-3-5-8;/h3-10,15,22,26H,11-12H2,1-2H3,(H,27,30);3-10,22H,1-2H3;3-5,9,19,23-24H,6-7H2,1-2H3,(H,20,25);1-5,9-10H,6-7,11H2;1H4. The van der Waals surface area contributed by atoms with Gasteiger partial charge in [-0.3, -0.25) is 65.9 Å². The first-order chi connectivity index (χ1) is 50.2. The zero-order chi connectivity index (χ0) is 76.3. The highest BCUT2D eigenvalue weighted by Crippen LogP contribution is 2.29. The number of rotatable bonds is 19. The van der Waals surface area contributed by atoms with Crippen molar-refractivity contribution in [2.24, 2.45) is 48.2 Å². The average molecular weight is 1810 g/mol. The Morgan fingerprint density at radius 2 is 0.821 bits per heavy atom. The fourth-order valence-corrected chi connectivity index (χ4v) is 11.0. The number of aromatic nitrogens is 6. The number of benzene rings is 6. The van der Waals surface area contributed by atoms with Crippen molar-refractivity contribution < 1.29 is 76.0 Å². The molecule has 106 heavy (non-hydrogen) atoms. The highest BCUT2D eigenvalue weighted by Gasteiger charge is 2.31. The van der Waals surface area contributed by atoms with E-state index in [-0.39, 0.29) is 73.3 Å². The zero-order valence-corrected chi connectivity index (χ0v) is 62.8. The number of hydrogen-bond donors (Lipinski definition) is 8. The Morgan fingerprint density at radius 1 is 0.491 bits per heavy atom. The van der Waals surface area contributed by atoms with Crippen LogP contribution in [0.2, 0.25) is 0 Å². The number of esters is 1. The van der Waals surface area contributed by atoms with Gasteiger partial charge in [0.15, 0.2) is 18.1 Å². The van der Waals surface area contributed by atoms with Crippen LogP contribution in [-0.2, 0) is 75.7 Å². The zero-order valence-electron chi connectivity index (χ0n) is 56.3. The summed E-state index contributed by atoms with van der Waals surface area (Å²) < 4.78 is 77.7. The van der Waals surface area contributed by atoms with Crippen LogP contribution in [0.5, 0.6) is 5.75 Å². The van der Waals surface area contributed by atoms with E-state index < -0.39 is 117 Å². The number of hydroxylamine groups is 2. The third-order valence-electron chi connectivity index (χ3n) is 15.3. The molecule has 2 aliphatic rings. The molecule has 2 saturated heterocycles. The molecular formula is C69H72F3I3N12O19. The maximum atomic E-state index is 14.4. The number of carbonyl (C=O) groups excluding carboxylic acids is 3. The average Bonchev–Trinajstić information content (AvgIpc) is 0.781. The van der Waals surface area contributed by atoms with Gasteiger partial charge in [0.1, 0.15) is 70.1 Å². The number of para-hydroxylation sites is 1. The second-order valence-electron chi connectivity index (χ2n) is 22.5. The highest BCUT2D eigenvalue weighted by atomic mass is 127. The summed E-state index contributed by atoms with van der Waals surface area (Å²) in [6.07, 6.45) is -2.74. The fourth-order valence-electron chi connectivity index (χ4n) is 9.60. The molecule has 2 fully saturated rings. The van der Waals surface area contributed by atoms with Crippen LogP contribution in [0.25, 0.3) is 0 Å². The number of nitrogens with one attached hydrogen (secondary N) is 5. The van der Waals surface area contributed by atoms with E-state index in [0.717, 1.165) is 34.0 Å². The van der Waals surface area contributed by atoms with Crippen LogP contribution >= 0.6 is 67.8 Å². The lowest BCUT2D eigenvalue weighted by atomic mass is 10.2. The minimum absolute atomic E-state index is 0. The Balaban J connectivity index is 0.000000204. The van der Waals surface area contributed by atoms with E-state index in [4.69, 9.17) is 49.5 Å². The number of anilines is 6. The summed E-state index contributed by atoms with van der Waals surface area (Å²) >= 11 is 5.82. The predicted molar refractivity (Wildman–Crippen MR) is 406 cm³/mol. The summed E-state index contributed by atoms with van der Waals surface area (Å²) in [5.41, 5.74) is -0.133. The van der Waals surface area contributed by atoms with Crippen molar-refractivity contribution in [3.8, 4) is 5.75 Å². The highest BCUT2D eigenvalue weighted by molar-refractivity contribution is 14.1.